The largest absolute Gasteiger partial charge is 0.472 e. The summed E-state index contributed by atoms with van der Waals surface area (Å²) in [6, 6.07) is 0. The van der Waals surface area contributed by atoms with E-state index in [2.05, 4.69) is 55.4 Å². The summed E-state index contributed by atoms with van der Waals surface area (Å²) >= 11 is 0. The molecule has 606 valence electrons. The minimum atomic E-state index is -4.96. The lowest BCUT2D eigenvalue weighted by molar-refractivity contribution is -0.161. The number of hydrogen-bond acceptors (Lipinski definition) is 15. The van der Waals surface area contributed by atoms with Gasteiger partial charge in [0.1, 0.15) is 19.3 Å². The summed E-state index contributed by atoms with van der Waals surface area (Å²) < 4.78 is 68.8. The Labute approximate surface area is 626 Å². The Hall–Kier alpha value is -1.94. The SMILES string of the molecule is CCC(C)CCCCCCCCC(=O)OC[C@H](COP(=O)(O)OC[C@H](O)COP(=O)(O)OC[C@@H](COC(=O)CCCCCCCCCCCCCCC(C)C)OC(=O)CCCCCCCCCCCCCCCCCC(C)C)OC(=O)CCCCCCCCCCCCCCCCCCC(C)C. The molecule has 0 bridgehead atoms. The lowest BCUT2D eigenvalue weighted by Crippen LogP contribution is -2.30. The van der Waals surface area contributed by atoms with Crippen LogP contribution in [0.3, 0.4) is 0 Å². The maximum atomic E-state index is 13.1. The number of ether oxygens (including phenoxy) is 4. The van der Waals surface area contributed by atoms with E-state index in [1.54, 1.807) is 0 Å². The van der Waals surface area contributed by atoms with Crippen molar-refractivity contribution in [2.45, 2.75) is 446 Å². The van der Waals surface area contributed by atoms with Crippen molar-refractivity contribution < 1.29 is 80.2 Å². The molecule has 3 N–H and O–H groups in total. The van der Waals surface area contributed by atoms with Gasteiger partial charge in [0.25, 0.3) is 0 Å². The van der Waals surface area contributed by atoms with E-state index in [4.69, 9.17) is 37.0 Å². The van der Waals surface area contributed by atoms with Crippen molar-refractivity contribution in [3.05, 3.63) is 0 Å². The van der Waals surface area contributed by atoms with E-state index in [9.17, 15) is 43.2 Å². The standard InChI is InChI=1S/C83H162O17P2/c1-9-76(8)62-54-46-41-42-48-56-64-81(86)94-70-79(100-83(88)66-57-49-39-33-27-19-15-11-10-13-17-23-29-35-43-51-59-73(2)3)72-98-102(91,92)96-68-77(84)67-95-101(89,90)97-71-78(69-93-80(85)63-55-47-38-32-26-22-21-25-31-37-45-53-61-75(6)7)99-82(87)65-58-50-40-34-28-20-16-12-14-18-24-30-36-44-52-60-74(4)5/h73-79,84H,9-72H2,1-8H3,(H,89,90)(H,91,92)/t76?,77-,78-,79-/m1/s1. The first-order chi connectivity index (χ1) is 49.1. The molecule has 0 rings (SSSR count). The first kappa shape index (κ1) is 100. The molecule has 102 heavy (non-hydrogen) atoms. The fourth-order valence-corrected chi connectivity index (χ4v) is 14.3. The molecule has 6 atom stereocenters. The molecule has 17 nitrogen and oxygen atoms in total. The van der Waals surface area contributed by atoms with Crippen LogP contribution in [0.25, 0.3) is 0 Å². The van der Waals surface area contributed by atoms with E-state index in [-0.39, 0.29) is 25.7 Å². The highest BCUT2D eigenvalue weighted by Gasteiger charge is 2.30. The summed E-state index contributed by atoms with van der Waals surface area (Å²) in [4.78, 5) is 73.1. The number of phosphoric ester groups is 2. The Kier molecular flexibility index (Phi) is 70.6. The maximum Gasteiger partial charge on any atom is 0.472 e. The van der Waals surface area contributed by atoms with Crippen LogP contribution in [0.15, 0.2) is 0 Å². The number of carbonyl (C=O) groups is 4. The van der Waals surface area contributed by atoms with Crippen molar-refractivity contribution in [1.82, 2.24) is 0 Å². The average molecular weight is 1490 g/mol. The molecule has 0 saturated heterocycles. The highest BCUT2D eigenvalue weighted by Crippen LogP contribution is 2.45. The fourth-order valence-electron chi connectivity index (χ4n) is 12.8. The minimum absolute atomic E-state index is 0.107. The lowest BCUT2D eigenvalue weighted by atomic mass is 10.00. The van der Waals surface area contributed by atoms with Crippen LogP contribution in [0, 0.1) is 23.7 Å². The second-order valence-electron chi connectivity index (χ2n) is 31.5. The molecular formula is C83H162O17P2. The second kappa shape index (κ2) is 72.0. The highest BCUT2D eigenvalue weighted by molar-refractivity contribution is 7.47. The molecule has 0 heterocycles. The molecule has 0 spiro atoms. The molecule has 19 heteroatoms. The summed E-state index contributed by atoms with van der Waals surface area (Å²) in [7, 11) is -9.93. The van der Waals surface area contributed by atoms with Crippen molar-refractivity contribution in [2.75, 3.05) is 39.6 Å². The van der Waals surface area contributed by atoms with Crippen LogP contribution in [0.4, 0.5) is 0 Å². The van der Waals surface area contributed by atoms with Crippen LogP contribution >= 0.6 is 15.6 Å². The summed E-state index contributed by atoms with van der Waals surface area (Å²) in [6.45, 7) is 14.3. The maximum absolute atomic E-state index is 13.1. The van der Waals surface area contributed by atoms with Crippen LogP contribution in [0.1, 0.15) is 428 Å². The molecule has 0 fully saturated rings. The number of hydrogen-bond donors (Lipinski definition) is 3. The number of rotatable bonds is 80. The molecule has 0 radical (unpaired) electrons. The van der Waals surface area contributed by atoms with Crippen molar-refractivity contribution in [3.8, 4) is 0 Å². The molecule has 0 aromatic carbocycles. The third kappa shape index (κ3) is 74.9. The average Bonchev–Trinajstić information content (AvgIpc) is 0.924. The second-order valence-corrected chi connectivity index (χ2v) is 34.4. The van der Waals surface area contributed by atoms with Crippen LogP contribution < -0.4 is 0 Å². The van der Waals surface area contributed by atoms with Gasteiger partial charge in [0.2, 0.25) is 0 Å². The van der Waals surface area contributed by atoms with Gasteiger partial charge >= 0.3 is 39.5 Å². The number of aliphatic hydroxyl groups is 1. The van der Waals surface area contributed by atoms with Gasteiger partial charge in [-0.1, -0.05) is 376 Å². The van der Waals surface area contributed by atoms with Crippen molar-refractivity contribution in [2.24, 2.45) is 23.7 Å². The van der Waals surface area contributed by atoms with Crippen LogP contribution in [-0.2, 0) is 65.4 Å². The van der Waals surface area contributed by atoms with E-state index in [0.29, 0.717) is 25.7 Å². The molecular weight excluding hydrogens is 1330 g/mol. The van der Waals surface area contributed by atoms with Gasteiger partial charge in [0, 0.05) is 25.7 Å². The molecule has 0 aromatic heterocycles. The third-order valence-corrected chi connectivity index (χ3v) is 21.6. The Morgan fingerprint density at radius 2 is 0.471 bits per heavy atom. The van der Waals surface area contributed by atoms with E-state index < -0.39 is 97.5 Å². The molecule has 0 aliphatic heterocycles. The number of esters is 4. The van der Waals surface area contributed by atoms with Gasteiger partial charge in [-0.3, -0.25) is 37.3 Å². The van der Waals surface area contributed by atoms with Crippen LogP contribution in [-0.4, -0.2) is 96.7 Å². The van der Waals surface area contributed by atoms with Crippen LogP contribution in [0.2, 0.25) is 0 Å². The van der Waals surface area contributed by atoms with E-state index >= 15 is 0 Å². The molecule has 0 aliphatic carbocycles. The van der Waals surface area contributed by atoms with Crippen molar-refractivity contribution >= 4 is 39.5 Å². The summed E-state index contributed by atoms with van der Waals surface area (Å²) in [6.07, 6.45) is 59.7. The van der Waals surface area contributed by atoms with Gasteiger partial charge in [-0.25, -0.2) is 9.13 Å². The minimum Gasteiger partial charge on any atom is -0.462 e. The monoisotopic (exact) mass is 1490 g/mol. The first-order valence-corrected chi connectivity index (χ1v) is 45.7. The fraction of sp³-hybridized carbons (Fsp3) is 0.952. The molecule has 0 aliphatic rings. The Balaban J connectivity index is 5.24. The first-order valence-electron chi connectivity index (χ1n) is 42.7. The summed E-state index contributed by atoms with van der Waals surface area (Å²) in [5, 5.41) is 10.7. The zero-order chi connectivity index (χ0) is 75.3. The van der Waals surface area contributed by atoms with E-state index in [1.165, 1.54) is 225 Å². The highest BCUT2D eigenvalue weighted by atomic mass is 31.2. The Morgan fingerprint density at radius 1 is 0.275 bits per heavy atom. The van der Waals surface area contributed by atoms with E-state index in [0.717, 1.165) is 120 Å². The summed E-state index contributed by atoms with van der Waals surface area (Å²) in [5.41, 5.74) is 0. The predicted octanol–water partition coefficient (Wildman–Crippen LogP) is 24.8. The molecule has 3 unspecified atom stereocenters. The molecule has 0 saturated carbocycles. The van der Waals surface area contributed by atoms with Gasteiger partial charge in [-0.05, 0) is 49.4 Å². The predicted molar refractivity (Wildman–Crippen MR) is 418 cm³/mol. The van der Waals surface area contributed by atoms with Crippen molar-refractivity contribution in [1.29, 1.82) is 0 Å². The lowest BCUT2D eigenvalue weighted by Gasteiger charge is -2.21. The van der Waals surface area contributed by atoms with Gasteiger partial charge < -0.3 is 33.8 Å². The Bertz CT molecular complexity index is 1990. The molecule has 0 aromatic rings. The number of carbonyl (C=O) groups excluding carboxylic acids is 4. The van der Waals surface area contributed by atoms with Gasteiger partial charge in [0.05, 0.1) is 26.4 Å². The zero-order valence-electron chi connectivity index (χ0n) is 67.2. The van der Waals surface area contributed by atoms with Gasteiger partial charge in [0.15, 0.2) is 12.2 Å². The van der Waals surface area contributed by atoms with Crippen LogP contribution in [0.5, 0.6) is 0 Å². The van der Waals surface area contributed by atoms with Gasteiger partial charge in [-0.15, -0.1) is 0 Å². The van der Waals surface area contributed by atoms with E-state index in [1.807, 2.05) is 0 Å². The van der Waals surface area contributed by atoms with Gasteiger partial charge in [-0.2, -0.15) is 0 Å². The summed E-state index contributed by atoms with van der Waals surface area (Å²) in [5.74, 6) is 1.01. The third-order valence-electron chi connectivity index (χ3n) is 19.7. The quantitative estimate of drug-likeness (QED) is 0.0222. The molecule has 0 amide bonds. The topological polar surface area (TPSA) is 237 Å². The number of phosphoric acid groups is 2. The number of unbranched alkanes of at least 4 members (excludes halogenated alkanes) is 45. The normalized spacial score (nSPS) is 14.3. The van der Waals surface area contributed by atoms with Crippen molar-refractivity contribution in [3.63, 3.8) is 0 Å². The number of aliphatic hydroxyl groups excluding tert-OH is 1. The zero-order valence-corrected chi connectivity index (χ0v) is 69.0. The smallest absolute Gasteiger partial charge is 0.462 e. The Morgan fingerprint density at radius 3 is 0.696 bits per heavy atom.